The van der Waals surface area contributed by atoms with Gasteiger partial charge in [0.15, 0.2) is 6.29 Å². The van der Waals surface area contributed by atoms with E-state index in [-0.39, 0.29) is 5.82 Å². The topological polar surface area (TPSA) is 49.7 Å². The summed E-state index contributed by atoms with van der Waals surface area (Å²) in [4.78, 5) is 26.1. The van der Waals surface area contributed by atoms with Crippen molar-refractivity contribution < 1.29 is 14.0 Å². The van der Waals surface area contributed by atoms with E-state index in [1.807, 2.05) is 0 Å². The van der Waals surface area contributed by atoms with Crippen LogP contribution in [-0.2, 0) is 9.59 Å². The van der Waals surface area contributed by atoms with Crippen molar-refractivity contribution in [3.05, 3.63) is 42.5 Å². The van der Waals surface area contributed by atoms with Crippen LogP contribution in [0.5, 0.6) is 0 Å². The number of rotatable bonds is 5. The van der Waals surface area contributed by atoms with Gasteiger partial charge in [0.25, 0.3) is 0 Å². The summed E-state index contributed by atoms with van der Waals surface area (Å²) in [5, 5.41) is 0. The molecular weight excluding hydrogens is 223 g/mol. The molecule has 17 heavy (non-hydrogen) atoms. The Kier molecular flexibility index (Phi) is 4.75. The van der Waals surface area contributed by atoms with Crippen LogP contribution in [0.3, 0.4) is 0 Å². The minimum absolute atomic E-state index is 0.297. The Bertz CT molecular complexity index is 452. The lowest BCUT2D eigenvalue weighted by atomic mass is 10.3. The highest BCUT2D eigenvalue weighted by molar-refractivity contribution is 6.27. The Hall–Kier alpha value is -2.30. The molecule has 0 aliphatic rings. The highest BCUT2D eigenvalue weighted by Gasteiger charge is 2.00. The number of aldehydes is 1. The van der Waals surface area contributed by atoms with Gasteiger partial charge in [-0.2, -0.15) is 0 Å². The van der Waals surface area contributed by atoms with Crippen molar-refractivity contribution >= 4 is 24.1 Å². The third kappa shape index (κ3) is 3.98. The minimum atomic E-state index is -0.376. The van der Waals surface area contributed by atoms with Crippen molar-refractivity contribution in [2.75, 3.05) is 4.90 Å². The number of nitrogens with zero attached hydrogens (tertiary/aromatic N) is 2. The molecule has 1 rings (SSSR count). The Morgan fingerprint density at radius 2 is 1.94 bits per heavy atom. The molecule has 0 aliphatic heterocycles. The zero-order valence-corrected chi connectivity index (χ0v) is 9.21. The van der Waals surface area contributed by atoms with Crippen LogP contribution < -0.4 is 4.90 Å². The first-order valence-electron chi connectivity index (χ1n) is 4.83. The standard InChI is InChI=1S/C12H11FN2O2/c1-10(8-16)14-6-7-15(9-17)12-4-2-11(13)3-5-12/h2-9H,1H3/b7-6-,14-10+. The number of benzene rings is 1. The third-order valence-corrected chi connectivity index (χ3v) is 1.91. The lowest BCUT2D eigenvalue weighted by Crippen LogP contribution is -2.12. The average Bonchev–Trinajstić information content (AvgIpc) is 2.35. The van der Waals surface area contributed by atoms with Crippen molar-refractivity contribution in [3.8, 4) is 0 Å². The maximum Gasteiger partial charge on any atom is 0.218 e. The molecule has 88 valence electrons. The molecule has 0 aromatic heterocycles. The number of halogens is 1. The number of carbonyl (C=O) groups is 2. The SMILES string of the molecule is C/C(C=O)=N\C=C/N(C=O)c1ccc(F)cc1. The van der Waals surface area contributed by atoms with Crippen LogP contribution >= 0.6 is 0 Å². The van der Waals surface area contributed by atoms with Crippen molar-refractivity contribution in [1.29, 1.82) is 0 Å². The molecule has 0 heterocycles. The molecule has 0 bridgehead atoms. The first-order chi connectivity index (χ1) is 8.17. The maximum absolute atomic E-state index is 12.7. The van der Waals surface area contributed by atoms with Gasteiger partial charge in [-0.1, -0.05) is 0 Å². The molecule has 0 atom stereocenters. The van der Waals surface area contributed by atoms with E-state index < -0.39 is 0 Å². The second-order valence-corrected chi connectivity index (χ2v) is 3.18. The summed E-state index contributed by atoms with van der Waals surface area (Å²) in [6.45, 7) is 1.54. The Morgan fingerprint density at radius 1 is 1.29 bits per heavy atom. The van der Waals surface area contributed by atoms with Crippen LogP contribution in [0, 0.1) is 5.82 Å². The summed E-state index contributed by atoms with van der Waals surface area (Å²) < 4.78 is 12.7. The van der Waals surface area contributed by atoms with Gasteiger partial charge in [-0.05, 0) is 31.2 Å². The zero-order chi connectivity index (χ0) is 12.7. The predicted octanol–water partition coefficient (Wildman–Crippen LogP) is 1.92. The van der Waals surface area contributed by atoms with Gasteiger partial charge in [0.2, 0.25) is 6.41 Å². The lowest BCUT2D eigenvalue weighted by molar-refractivity contribution is -0.107. The molecule has 1 aromatic carbocycles. The van der Waals surface area contributed by atoms with Crippen molar-refractivity contribution in [1.82, 2.24) is 0 Å². The highest BCUT2D eigenvalue weighted by atomic mass is 19.1. The van der Waals surface area contributed by atoms with E-state index in [2.05, 4.69) is 4.99 Å². The molecule has 0 fully saturated rings. The monoisotopic (exact) mass is 234 g/mol. The molecule has 0 unspecified atom stereocenters. The molecule has 0 spiro atoms. The summed E-state index contributed by atoms with van der Waals surface area (Å²) in [5.74, 6) is -0.376. The highest BCUT2D eigenvalue weighted by Crippen LogP contribution is 2.13. The van der Waals surface area contributed by atoms with Gasteiger partial charge in [-0.25, -0.2) is 4.39 Å². The molecule has 0 N–H and O–H groups in total. The van der Waals surface area contributed by atoms with Gasteiger partial charge < -0.3 is 0 Å². The van der Waals surface area contributed by atoms with Crippen LogP contribution in [0.1, 0.15) is 6.92 Å². The first-order valence-corrected chi connectivity index (χ1v) is 4.83. The summed E-state index contributed by atoms with van der Waals surface area (Å²) in [5.41, 5.74) is 0.808. The number of aliphatic imine (C=N–C) groups is 1. The molecule has 1 aromatic rings. The third-order valence-electron chi connectivity index (χ3n) is 1.91. The maximum atomic E-state index is 12.7. The molecule has 0 radical (unpaired) electrons. The van der Waals surface area contributed by atoms with E-state index in [9.17, 15) is 14.0 Å². The van der Waals surface area contributed by atoms with Crippen LogP contribution in [0.4, 0.5) is 10.1 Å². The smallest absolute Gasteiger partial charge is 0.218 e. The number of carbonyl (C=O) groups excluding carboxylic acids is 2. The fraction of sp³-hybridized carbons (Fsp3) is 0.0833. The van der Waals surface area contributed by atoms with E-state index in [4.69, 9.17) is 0 Å². The number of hydrogen-bond acceptors (Lipinski definition) is 3. The summed E-state index contributed by atoms with van der Waals surface area (Å²) in [6, 6.07) is 5.42. The van der Waals surface area contributed by atoms with Crippen LogP contribution in [0.15, 0.2) is 41.7 Å². The lowest BCUT2D eigenvalue weighted by Gasteiger charge is -2.10. The first kappa shape index (κ1) is 12.8. The van der Waals surface area contributed by atoms with Crippen molar-refractivity contribution in [2.45, 2.75) is 6.92 Å². The predicted molar refractivity (Wildman–Crippen MR) is 63.3 cm³/mol. The van der Waals surface area contributed by atoms with Crippen LogP contribution in [-0.4, -0.2) is 18.4 Å². The molecule has 0 saturated heterocycles. The second kappa shape index (κ2) is 6.32. The fourth-order valence-corrected chi connectivity index (χ4v) is 1.05. The normalized spacial score (nSPS) is 11.5. The van der Waals surface area contributed by atoms with E-state index in [0.717, 1.165) is 0 Å². The molecule has 1 amide bonds. The van der Waals surface area contributed by atoms with Crippen molar-refractivity contribution in [2.24, 2.45) is 4.99 Å². The summed E-state index contributed by atoms with van der Waals surface area (Å²) >= 11 is 0. The summed E-state index contributed by atoms with van der Waals surface area (Å²) in [6.07, 6.45) is 3.87. The molecule has 0 saturated carbocycles. The van der Waals surface area contributed by atoms with Crippen LogP contribution in [0.25, 0.3) is 0 Å². The van der Waals surface area contributed by atoms with Crippen LogP contribution in [0.2, 0.25) is 0 Å². The molecule has 0 aliphatic carbocycles. The van der Waals surface area contributed by atoms with Gasteiger partial charge in [0.05, 0.1) is 5.71 Å². The fourth-order valence-electron chi connectivity index (χ4n) is 1.05. The number of hydrogen-bond donors (Lipinski definition) is 0. The van der Waals surface area contributed by atoms with Gasteiger partial charge in [0.1, 0.15) is 5.82 Å². The molecule has 4 nitrogen and oxygen atoms in total. The Morgan fingerprint density at radius 3 is 2.47 bits per heavy atom. The quantitative estimate of drug-likeness (QED) is 0.577. The number of anilines is 1. The zero-order valence-electron chi connectivity index (χ0n) is 9.21. The average molecular weight is 234 g/mol. The number of amides is 1. The minimum Gasteiger partial charge on any atom is -0.297 e. The van der Waals surface area contributed by atoms with Gasteiger partial charge >= 0.3 is 0 Å². The molecule has 5 heteroatoms. The largest absolute Gasteiger partial charge is 0.297 e. The van der Waals surface area contributed by atoms with E-state index in [1.54, 1.807) is 6.92 Å². The van der Waals surface area contributed by atoms with Gasteiger partial charge in [-0.15, -0.1) is 0 Å². The van der Waals surface area contributed by atoms with E-state index in [0.29, 0.717) is 24.1 Å². The Labute approximate surface area is 98.1 Å². The summed E-state index contributed by atoms with van der Waals surface area (Å²) in [7, 11) is 0. The Balaban J connectivity index is 2.82. The van der Waals surface area contributed by atoms with Gasteiger partial charge in [-0.3, -0.25) is 19.5 Å². The van der Waals surface area contributed by atoms with Gasteiger partial charge in [0, 0.05) is 18.1 Å². The molecular formula is C12H11FN2O2. The second-order valence-electron chi connectivity index (χ2n) is 3.18. The van der Waals surface area contributed by atoms with E-state index in [1.165, 1.54) is 41.6 Å². The van der Waals surface area contributed by atoms with Crippen molar-refractivity contribution in [3.63, 3.8) is 0 Å². The van der Waals surface area contributed by atoms with E-state index >= 15 is 0 Å².